The molecule has 2 aromatic heterocycles. The molecule has 1 saturated carbocycles. The van der Waals surface area contributed by atoms with Gasteiger partial charge in [-0.15, -0.1) is 0 Å². The van der Waals surface area contributed by atoms with Gasteiger partial charge in [0.05, 0.1) is 0 Å². The molecule has 2 aromatic rings. The summed E-state index contributed by atoms with van der Waals surface area (Å²) < 4.78 is 6.78. The van der Waals surface area contributed by atoms with Gasteiger partial charge in [0.2, 0.25) is 11.8 Å². The molecule has 8 nitrogen and oxygen atoms in total. The van der Waals surface area contributed by atoms with Crippen molar-refractivity contribution in [3.8, 4) is 0 Å². The van der Waals surface area contributed by atoms with Crippen LogP contribution in [0, 0.1) is 5.92 Å². The Bertz CT molecular complexity index is 602. The summed E-state index contributed by atoms with van der Waals surface area (Å²) in [5.41, 5.74) is 0. The Morgan fingerprint density at radius 1 is 1.52 bits per heavy atom. The van der Waals surface area contributed by atoms with Crippen molar-refractivity contribution in [2.24, 2.45) is 5.92 Å². The lowest BCUT2D eigenvalue weighted by Gasteiger charge is -2.18. The van der Waals surface area contributed by atoms with E-state index in [1.165, 1.54) is 17.3 Å². The van der Waals surface area contributed by atoms with Crippen molar-refractivity contribution in [2.75, 3.05) is 0 Å². The number of carbonyl (C=O) groups is 1. The predicted molar refractivity (Wildman–Crippen MR) is 72.0 cm³/mol. The highest BCUT2D eigenvalue weighted by Gasteiger charge is 2.31. The van der Waals surface area contributed by atoms with Crippen molar-refractivity contribution in [2.45, 2.75) is 45.2 Å². The number of hydrogen-bond donors (Lipinski definition) is 1. The fourth-order valence-corrected chi connectivity index (χ4v) is 2.08. The molecule has 1 N–H and O–H groups in total. The fraction of sp³-hybridized carbons (Fsp3) is 0.615. The Morgan fingerprint density at radius 3 is 2.95 bits per heavy atom. The molecule has 8 heteroatoms. The van der Waals surface area contributed by atoms with Crippen LogP contribution in [0.4, 0.5) is 0 Å². The van der Waals surface area contributed by atoms with Gasteiger partial charge in [0.15, 0.2) is 5.82 Å². The molecule has 0 radical (unpaired) electrons. The second-order valence-electron chi connectivity index (χ2n) is 5.65. The topological polar surface area (TPSA) is 98.7 Å². The first-order chi connectivity index (χ1) is 10.1. The highest BCUT2D eigenvalue weighted by Crippen LogP contribution is 2.38. The molecule has 21 heavy (non-hydrogen) atoms. The summed E-state index contributed by atoms with van der Waals surface area (Å²) in [7, 11) is 0. The molecule has 0 bridgehead atoms. The highest BCUT2D eigenvalue weighted by molar-refractivity contribution is 5.76. The highest BCUT2D eigenvalue weighted by atomic mass is 16.5. The van der Waals surface area contributed by atoms with Crippen molar-refractivity contribution in [3.05, 3.63) is 24.4 Å². The van der Waals surface area contributed by atoms with Gasteiger partial charge < -0.3 is 9.84 Å². The van der Waals surface area contributed by atoms with Crippen LogP contribution in [0.1, 0.15) is 50.4 Å². The maximum atomic E-state index is 12.1. The smallest absolute Gasteiger partial charge is 0.249 e. The summed E-state index contributed by atoms with van der Waals surface area (Å²) in [5, 5.41) is 10.8. The summed E-state index contributed by atoms with van der Waals surface area (Å²) in [6.07, 6.45) is 5.13. The van der Waals surface area contributed by atoms with Crippen molar-refractivity contribution in [1.29, 1.82) is 0 Å². The second-order valence-corrected chi connectivity index (χ2v) is 5.65. The zero-order valence-electron chi connectivity index (χ0n) is 12.1. The van der Waals surface area contributed by atoms with Crippen LogP contribution in [0.5, 0.6) is 0 Å². The van der Waals surface area contributed by atoms with Gasteiger partial charge in [-0.25, -0.2) is 9.67 Å². The summed E-state index contributed by atoms with van der Waals surface area (Å²) in [4.78, 5) is 20.3. The average molecular weight is 290 g/mol. The summed E-state index contributed by atoms with van der Waals surface area (Å²) in [6.45, 7) is 4.12. The van der Waals surface area contributed by atoms with E-state index in [0.717, 1.165) is 18.7 Å². The van der Waals surface area contributed by atoms with Crippen LogP contribution >= 0.6 is 0 Å². The van der Waals surface area contributed by atoms with Gasteiger partial charge in [0.25, 0.3) is 0 Å². The third-order valence-corrected chi connectivity index (χ3v) is 3.42. The monoisotopic (exact) mass is 290 g/mol. The van der Waals surface area contributed by atoms with Gasteiger partial charge >= 0.3 is 0 Å². The molecular weight excluding hydrogens is 272 g/mol. The molecule has 112 valence electrons. The summed E-state index contributed by atoms with van der Waals surface area (Å²) in [5.74, 6) is 1.64. The molecule has 0 aliphatic heterocycles. The van der Waals surface area contributed by atoms with Gasteiger partial charge in [-0.2, -0.15) is 10.1 Å². The number of nitrogens with one attached hydrogen (secondary N) is 1. The molecule has 1 unspecified atom stereocenters. The van der Waals surface area contributed by atoms with Gasteiger partial charge in [-0.1, -0.05) is 19.0 Å². The number of carbonyl (C=O) groups excluding carboxylic acids is 1. The summed E-state index contributed by atoms with van der Waals surface area (Å²) >= 11 is 0. The normalized spacial score (nSPS) is 16.1. The number of rotatable bonds is 6. The maximum absolute atomic E-state index is 12.1. The number of hydrogen-bond acceptors (Lipinski definition) is 6. The van der Waals surface area contributed by atoms with E-state index in [2.05, 4.69) is 25.5 Å². The lowest BCUT2D eigenvalue weighted by molar-refractivity contribution is -0.123. The SMILES string of the molecule is CC(C)C(NC(=O)Cn1cncn1)c1nc(C2CC2)no1. The van der Waals surface area contributed by atoms with Crippen LogP contribution in [-0.2, 0) is 11.3 Å². The lowest BCUT2D eigenvalue weighted by atomic mass is 10.0. The Hall–Kier alpha value is -2.25. The minimum Gasteiger partial charge on any atom is -0.342 e. The zero-order chi connectivity index (χ0) is 14.8. The molecule has 3 rings (SSSR count). The molecule has 2 heterocycles. The first kappa shape index (κ1) is 13.7. The van der Waals surface area contributed by atoms with Crippen LogP contribution in [0.25, 0.3) is 0 Å². The van der Waals surface area contributed by atoms with Crippen molar-refractivity contribution in [3.63, 3.8) is 0 Å². The number of amides is 1. The van der Waals surface area contributed by atoms with Gasteiger partial charge in [0.1, 0.15) is 25.2 Å². The molecule has 1 fully saturated rings. The fourth-order valence-electron chi connectivity index (χ4n) is 2.08. The largest absolute Gasteiger partial charge is 0.342 e. The maximum Gasteiger partial charge on any atom is 0.249 e. The molecule has 1 aliphatic carbocycles. The van der Waals surface area contributed by atoms with Gasteiger partial charge in [-0.05, 0) is 18.8 Å². The van der Waals surface area contributed by atoms with E-state index in [-0.39, 0.29) is 24.4 Å². The third-order valence-electron chi connectivity index (χ3n) is 3.42. The van der Waals surface area contributed by atoms with E-state index in [4.69, 9.17) is 4.52 Å². The Labute approximate surface area is 121 Å². The van der Waals surface area contributed by atoms with E-state index in [1.807, 2.05) is 13.8 Å². The van der Waals surface area contributed by atoms with E-state index >= 15 is 0 Å². The summed E-state index contributed by atoms with van der Waals surface area (Å²) in [6, 6.07) is -0.291. The quantitative estimate of drug-likeness (QED) is 0.853. The molecule has 1 atom stereocenters. The van der Waals surface area contributed by atoms with Gasteiger partial charge in [-0.3, -0.25) is 4.79 Å². The van der Waals surface area contributed by atoms with Gasteiger partial charge in [0, 0.05) is 5.92 Å². The first-order valence-corrected chi connectivity index (χ1v) is 7.08. The van der Waals surface area contributed by atoms with Crippen LogP contribution in [0.2, 0.25) is 0 Å². The molecule has 0 spiro atoms. The molecular formula is C13H18N6O2. The Kier molecular flexibility index (Phi) is 3.68. The van der Waals surface area contributed by atoms with E-state index in [0.29, 0.717) is 11.8 Å². The lowest BCUT2D eigenvalue weighted by Crippen LogP contribution is -2.34. The Morgan fingerprint density at radius 2 is 2.33 bits per heavy atom. The standard InChI is InChI=1S/C13H18N6O2/c1-8(2)11(13-17-12(18-21-13)9-3-4-9)16-10(20)5-19-7-14-6-15-19/h6-9,11H,3-5H2,1-2H3,(H,16,20). The number of nitrogens with zero attached hydrogens (tertiary/aromatic N) is 5. The third kappa shape index (κ3) is 3.26. The molecule has 0 aromatic carbocycles. The molecule has 0 saturated heterocycles. The van der Waals surface area contributed by atoms with Crippen molar-refractivity contribution in [1.82, 2.24) is 30.2 Å². The first-order valence-electron chi connectivity index (χ1n) is 7.08. The average Bonchev–Trinajstić information content (AvgIpc) is 2.97. The second kappa shape index (κ2) is 5.63. The van der Waals surface area contributed by atoms with Crippen LogP contribution in [-0.4, -0.2) is 30.8 Å². The number of aromatic nitrogens is 5. The van der Waals surface area contributed by atoms with E-state index in [1.54, 1.807) is 0 Å². The van der Waals surface area contributed by atoms with Crippen LogP contribution < -0.4 is 5.32 Å². The van der Waals surface area contributed by atoms with Crippen LogP contribution in [0.3, 0.4) is 0 Å². The molecule has 1 aliphatic rings. The van der Waals surface area contributed by atoms with Crippen LogP contribution in [0.15, 0.2) is 17.2 Å². The Balaban J connectivity index is 1.67. The zero-order valence-corrected chi connectivity index (χ0v) is 12.1. The van der Waals surface area contributed by atoms with E-state index < -0.39 is 0 Å². The minimum absolute atomic E-state index is 0.118. The van der Waals surface area contributed by atoms with Crippen molar-refractivity contribution < 1.29 is 9.32 Å². The minimum atomic E-state index is -0.291. The predicted octanol–water partition coefficient (Wildman–Crippen LogP) is 1.05. The molecule has 1 amide bonds. The van der Waals surface area contributed by atoms with E-state index in [9.17, 15) is 4.79 Å². The van der Waals surface area contributed by atoms with Crippen molar-refractivity contribution >= 4 is 5.91 Å².